The van der Waals surface area contributed by atoms with Crippen molar-refractivity contribution in [3.8, 4) is 0 Å². The maximum absolute atomic E-state index is 12.8. The number of halogens is 1. The lowest BCUT2D eigenvalue weighted by Crippen LogP contribution is -2.37. The van der Waals surface area contributed by atoms with Crippen LogP contribution in [0.1, 0.15) is 6.42 Å². The Labute approximate surface area is 137 Å². The molecule has 0 saturated heterocycles. The Morgan fingerprint density at radius 3 is 2.70 bits per heavy atom. The van der Waals surface area contributed by atoms with Gasteiger partial charge in [0.1, 0.15) is 5.82 Å². The molecule has 2 aromatic rings. The molecule has 0 aromatic heterocycles. The number of carbonyl (C=O) groups is 2. The summed E-state index contributed by atoms with van der Waals surface area (Å²) in [4.78, 5) is 26.8. The number of fused-ring (bicyclic) bond motifs is 1. The fourth-order valence-electron chi connectivity index (χ4n) is 2.37. The number of para-hydroxylation sites is 1. The molecule has 3 rings (SSSR count). The number of benzene rings is 2. The lowest BCUT2D eigenvalue weighted by Gasteiger charge is -2.28. The summed E-state index contributed by atoms with van der Waals surface area (Å²) < 4.78 is 12.8. The van der Waals surface area contributed by atoms with Crippen molar-refractivity contribution in [3.05, 3.63) is 54.3 Å². The zero-order chi connectivity index (χ0) is 16.2. The average Bonchev–Trinajstić information content (AvgIpc) is 2.56. The molecule has 2 amide bonds. The van der Waals surface area contributed by atoms with E-state index in [4.69, 9.17) is 0 Å². The van der Waals surface area contributed by atoms with Crippen LogP contribution in [0.2, 0.25) is 0 Å². The van der Waals surface area contributed by atoms with Crippen molar-refractivity contribution in [1.29, 1.82) is 0 Å². The van der Waals surface area contributed by atoms with E-state index in [-0.39, 0.29) is 24.1 Å². The molecule has 0 unspecified atom stereocenters. The van der Waals surface area contributed by atoms with Crippen molar-refractivity contribution in [2.45, 2.75) is 11.3 Å². The van der Waals surface area contributed by atoms with Gasteiger partial charge in [-0.05, 0) is 36.4 Å². The molecule has 0 saturated carbocycles. The lowest BCUT2D eigenvalue weighted by molar-refractivity contribution is -0.117. The molecular formula is C17H15FN2O2S. The second kappa shape index (κ2) is 6.83. The highest BCUT2D eigenvalue weighted by atomic mass is 32.2. The molecular weight excluding hydrogens is 315 g/mol. The van der Waals surface area contributed by atoms with Gasteiger partial charge in [-0.1, -0.05) is 12.1 Å². The van der Waals surface area contributed by atoms with Crippen molar-refractivity contribution in [3.63, 3.8) is 0 Å². The molecule has 0 aliphatic carbocycles. The van der Waals surface area contributed by atoms with Gasteiger partial charge in [-0.2, -0.15) is 0 Å². The van der Waals surface area contributed by atoms with Gasteiger partial charge in [0.25, 0.3) is 0 Å². The van der Waals surface area contributed by atoms with Crippen molar-refractivity contribution < 1.29 is 14.0 Å². The van der Waals surface area contributed by atoms with Crippen LogP contribution in [0.5, 0.6) is 0 Å². The largest absolute Gasteiger partial charge is 0.326 e. The molecule has 23 heavy (non-hydrogen) atoms. The van der Waals surface area contributed by atoms with Crippen LogP contribution >= 0.6 is 11.8 Å². The standard InChI is InChI=1S/C17H15FN2O2S/c18-12-5-7-13(8-6-12)19-16(21)9-10-20-14-3-1-2-4-15(14)23-11-17(20)22/h1-8H,9-11H2,(H,19,21). The molecule has 0 bridgehead atoms. The second-order valence-electron chi connectivity index (χ2n) is 5.11. The first-order valence-electron chi connectivity index (χ1n) is 7.21. The van der Waals surface area contributed by atoms with Gasteiger partial charge in [-0.3, -0.25) is 9.59 Å². The van der Waals surface area contributed by atoms with Crippen LogP contribution in [0.4, 0.5) is 15.8 Å². The zero-order valence-corrected chi connectivity index (χ0v) is 13.1. The fourth-order valence-corrected chi connectivity index (χ4v) is 3.30. The van der Waals surface area contributed by atoms with Crippen LogP contribution in [0, 0.1) is 5.82 Å². The molecule has 0 radical (unpaired) electrons. The number of amides is 2. The van der Waals surface area contributed by atoms with Crippen LogP contribution in [0.25, 0.3) is 0 Å². The molecule has 118 valence electrons. The van der Waals surface area contributed by atoms with Crippen LogP contribution in [0.3, 0.4) is 0 Å². The minimum Gasteiger partial charge on any atom is -0.326 e. The fraction of sp³-hybridized carbons (Fsp3) is 0.176. The molecule has 0 atom stereocenters. The van der Waals surface area contributed by atoms with E-state index in [9.17, 15) is 14.0 Å². The van der Waals surface area contributed by atoms with Gasteiger partial charge in [0.15, 0.2) is 0 Å². The van der Waals surface area contributed by atoms with Gasteiger partial charge >= 0.3 is 0 Å². The summed E-state index contributed by atoms with van der Waals surface area (Å²) in [5.41, 5.74) is 1.39. The van der Waals surface area contributed by atoms with Gasteiger partial charge < -0.3 is 10.2 Å². The zero-order valence-electron chi connectivity index (χ0n) is 12.3. The summed E-state index contributed by atoms with van der Waals surface area (Å²) in [5, 5.41) is 2.70. The molecule has 6 heteroatoms. The molecule has 2 aromatic carbocycles. The minimum absolute atomic E-state index is 0.00304. The Morgan fingerprint density at radius 1 is 1.17 bits per heavy atom. The first-order chi connectivity index (χ1) is 11.1. The van der Waals surface area contributed by atoms with E-state index in [1.54, 1.807) is 4.90 Å². The quantitative estimate of drug-likeness (QED) is 0.936. The van der Waals surface area contributed by atoms with E-state index >= 15 is 0 Å². The predicted octanol–water partition coefficient (Wildman–Crippen LogP) is 3.29. The molecule has 0 fully saturated rings. The monoisotopic (exact) mass is 330 g/mol. The summed E-state index contributed by atoms with van der Waals surface area (Å²) >= 11 is 1.51. The number of thioether (sulfide) groups is 1. The highest BCUT2D eigenvalue weighted by Crippen LogP contribution is 2.34. The minimum atomic E-state index is -0.351. The Hall–Kier alpha value is -2.34. The number of nitrogens with zero attached hydrogens (tertiary/aromatic N) is 1. The summed E-state index contributed by atoms with van der Waals surface area (Å²) in [5.74, 6) is -0.171. The highest BCUT2D eigenvalue weighted by molar-refractivity contribution is 8.00. The van der Waals surface area contributed by atoms with E-state index in [0.717, 1.165) is 10.6 Å². The van der Waals surface area contributed by atoms with E-state index in [1.807, 2.05) is 24.3 Å². The molecule has 1 aliphatic heterocycles. The SMILES string of the molecule is O=C(CCN1C(=O)CSc2ccccc21)Nc1ccc(F)cc1. The Kier molecular flexibility index (Phi) is 4.62. The lowest BCUT2D eigenvalue weighted by atomic mass is 10.2. The molecule has 1 aliphatic rings. The van der Waals surface area contributed by atoms with E-state index < -0.39 is 0 Å². The van der Waals surface area contributed by atoms with E-state index in [1.165, 1.54) is 36.0 Å². The average molecular weight is 330 g/mol. The summed E-state index contributed by atoms with van der Waals surface area (Å²) in [7, 11) is 0. The topological polar surface area (TPSA) is 49.4 Å². The van der Waals surface area contributed by atoms with Gasteiger partial charge in [-0.15, -0.1) is 11.8 Å². The van der Waals surface area contributed by atoms with Crippen LogP contribution in [-0.2, 0) is 9.59 Å². The Bertz CT molecular complexity index is 734. The third-order valence-electron chi connectivity index (χ3n) is 3.50. The number of hydrogen-bond donors (Lipinski definition) is 1. The van der Waals surface area contributed by atoms with Gasteiger partial charge in [0.05, 0.1) is 11.4 Å². The summed E-state index contributed by atoms with van der Waals surface area (Å²) in [6, 6.07) is 13.3. The Morgan fingerprint density at radius 2 is 1.91 bits per heavy atom. The van der Waals surface area contributed by atoms with E-state index in [2.05, 4.69) is 5.32 Å². The molecule has 4 nitrogen and oxygen atoms in total. The van der Waals surface area contributed by atoms with Gasteiger partial charge in [0.2, 0.25) is 11.8 Å². The third-order valence-corrected chi connectivity index (χ3v) is 4.55. The van der Waals surface area contributed by atoms with Crippen LogP contribution < -0.4 is 10.2 Å². The number of hydrogen-bond acceptors (Lipinski definition) is 3. The van der Waals surface area contributed by atoms with Gasteiger partial charge in [0, 0.05) is 23.5 Å². The van der Waals surface area contributed by atoms with Crippen molar-refractivity contribution in [1.82, 2.24) is 0 Å². The Balaban J connectivity index is 1.62. The molecule has 1 N–H and O–H groups in total. The highest BCUT2D eigenvalue weighted by Gasteiger charge is 2.24. The number of anilines is 2. The number of nitrogens with one attached hydrogen (secondary N) is 1. The maximum atomic E-state index is 12.8. The van der Waals surface area contributed by atoms with Crippen molar-refractivity contribution >= 4 is 35.0 Å². The normalized spacial score (nSPS) is 13.6. The first-order valence-corrected chi connectivity index (χ1v) is 8.19. The maximum Gasteiger partial charge on any atom is 0.237 e. The molecule has 0 spiro atoms. The smallest absolute Gasteiger partial charge is 0.237 e. The van der Waals surface area contributed by atoms with Gasteiger partial charge in [-0.25, -0.2) is 4.39 Å². The number of carbonyl (C=O) groups excluding carboxylic acids is 2. The van der Waals surface area contributed by atoms with Crippen molar-refractivity contribution in [2.24, 2.45) is 0 Å². The first kappa shape index (κ1) is 15.6. The summed E-state index contributed by atoms with van der Waals surface area (Å²) in [6.07, 6.45) is 0.183. The second-order valence-corrected chi connectivity index (χ2v) is 6.12. The van der Waals surface area contributed by atoms with Crippen LogP contribution in [0.15, 0.2) is 53.4 Å². The van der Waals surface area contributed by atoms with E-state index in [0.29, 0.717) is 18.0 Å². The number of rotatable bonds is 4. The predicted molar refractivity (Wildman–Crippen MR) is 89.2 cm³/mol. The summed E-state index contributed by atoms with van der Waals surface area (Å²) in [6.45, 7) is 0.323. The third kappa shape index (κ3) is 3.71. The van der Waals surface area contributed by atoms with Crippen LogP contribution in [-0.4, -0.2) is 24.1 Å². The molecule has 1 heterocycles. The van der Waals surface area contributed by atoms with Crippen molar-refractivity contribution in [2.75, 3.05) is 22.5 Å².